The van der Waals surface area contributed by atoms with Gasteiger partial charge in [-0.1, -0.05) is 29.8 Å². The molecular formula is C51H62BrClF7N14O17PS3. The van der Waals surface area contributed by atoms with E-state index in [4.69, 9.17) is 40.5 Å². The number of carboxylic acids is 1. The number of sulfonamides is 2. The van der Waals surface area contributed by atoms with Crippen LogP contribution in [0.15, 0.2) is 75.2 Å². The van der Waals surface area contributed by atoms with Crippen LogP contribution in [0.4, 0.5) is 52.2 Å². The number of anilines is 2. The average Bonchev–Trinajstić information content (AvgIpc) is 1.63. The second-order valence-electron chi connectivity index (χ2n) is 19.1. The van der Waals surface area contributed by atoms with E-state index in [9.17, 15) is 81.0 Å². The first kappa shape index (κ1) is 83.0. The number of rotatable bonds is 19. The summed E-state index contributed by atoms with van der Waals surface area (Å²) in [7, 11) is -4.62. The first-order valence-corrected chi connectivity index (χ1v) is 34.3. The van der Waals surface area contributed by atoms with Crippen molar-refractivity contribution in [3.05, 3.63) is 104 Å². The Balaban J connectivity index is 0.000000440. The third-order valence-corrected chi connectivity index (χ3v) is 14.6. The number of carbonyl (C=O) groups excluding carboxylic acids is 4. The van der Waals surface area contributed by atoms with Gasteiger partial charge in [-0.05, 0) is 89.9 Å². The van der Waals surface area contributed by atoms with Gasteiger partial charge in [0.25, 0.3) is 26.0 Å². The Morgan fingerprint density at radius 3 is 1.86 bits per heavy atom. The number of ether oxygens (including phenoxy) is 4. The molecule has 44 heteroatoms. The molecule has 4 aromatic heterocycles. The van der Waals surface area contributed by atoms with Crippen molar-refractivity contribution in [1.29, 1.82) is 0 Å². The molecule has 6 rings (SSSR count). The molecule has 0 bridgehead atoms. The third kappa shape index (κ3) is 28.8. The van der Waals surface area contributed by atoms with Crippen LogP contribution in [0.5, 0.6) is 17.8 Å². The van der Waals surface area contributed by atoms with Crippen LogP contribution in [-0.2, 0) is 64.7 Å². The highest BCUT2D eigenvalue weighted by Gasteiger charge is 2.39. The molecule has 31 nitrogen and oxygen atoms in total. The number of alkyl halides is 6. The molecule has 0 spiro atoms. The number of nitrogens with one attached hydrogen (secondary N) is 5. The number of hydrogen-bond donors (Lipinski definition) is 7. The number of halogens is 9. The van der Waals surface area contributed by atoms with Crippen molar-refractivity contribution in [2.45, 2.75) is 62.0 Å². The second kappa shape index (κ2) is 36.7. The Bertz CT molecular complexity index is 3930. The summed E-state index contributed by atoms with van der Waals surface area (Å²) in [5, 5.41) is 17.1. The van der Waals surface area contributed by atoms with E-state index in [1.54, 1.807) is 23.3 Å². The van der Waals surface area contributed by atoms with Crippen molar-refractivity contribution in [1.82, 2.24) is 59.3 Å². The number of aliphatic carboxylic acids is 1. The first-order chi connectivity index (χ1) is 43.7. The number of esters is 1. The minimum absolute atomic E-state index is 0.0715. The lowest BCUT2D eigenvalue weighted by atomic mass is 10.1. The Hall–Kier alpha value is -8.12. The standard InChI is InChI=1S/C15H12BrClF4N2O2.C15H16F3N5O4S.C15H18N6O6S.C3H8NO5P.C3H9S/c1-6(2)25-14(24)7-4-8(10(18)5-9(7)17)12-11(16)13(15(19,20)21)23(3)22-12;1-9-19-12(22-14(20-9)27-2)21-13(24)23-28(25,26)11-6-4-3-5-10(11)7-8-15(16,17)18;1-21(2)13(22)9-6-5-7-16-12(9)28(24,25)20-15(23)19-14-17-10(26-3)8-11(18-14)27-4;5-3(6)1-4-2-10(7,8)9;1-4(2)3/h4-6H,1-3H3;3-6H,7-8H2,1-2H3,(H2,19,20,21,22,23,24);5-8H,1-4H3,(H2,17,18,19,20,23);4H,1-2H2,(H,5,6)(H2,7,8,9);1-3H3/q;;;;+1/p-1. The predicted molar refractivity (Wildman–Crippen MR) is 330 cm³/mol. The van der Waals surface area contributed by atoms with E-state index in [2.05, 4.69) is 80.3 Å². The van der Waals surface area contributed by atoms with Gasteiger partial charge in [0.1, 0.15) is 24.9 Å². The van der Waals surface area contributed by atoms with Crippen molar-refractivity contribution in [2.75, 3.05) is 77.7 Å². The quantitative estimate of drug-likeness (QED) is 0.0206. The molecule has 0 saturated heterocycles. The summed E-state index contributed by atoms with van der Waals surface area (Å²) in [6.07, 6.45) is -4.27. The number of pyridine rings is 1. The van der Waals surface area contributed by atoms with E-state index >= 15 is 0 Å². The maximum atomic E-state index is 14.3. The molecule has 4 heterocycles. The molecule has 2 aromatic carbocycles. The highest BCUT2D eigenvalue weighted by molar-refractivity contribution is 9.10. The van der Waals surface area contributed by atoms with Crippen LogP contribution in [0.2, 0.25) is 5.02 Å². The van der Waals surface area contributed by atoms with Crippen LogP contribution in [0, 0.1) is 12.7 Å². The molecule has 0 aliphatic rings. The first-order valence-electron chi connectivity index (χ1n) is 25.9. The summed E-state index contributed by atoms with van der Waals surface area (Å²) in [6, 6.07) is 8.57. The van der Waals surface area contributed by atoms with Gasteiger partial charge in [0, 0.05) is 39.3 Å². The van der Waals surface area contributed by atoms with Crippen molar-refractivity contribution >= 4 is 108 Å². The molecule has 6 aromatic rings. The minimum atomic E-state index is -4.69. The minimum Gasteiger partial charge on any atom is -0.778 e. The Kier molecular flexibility index (Phi) is 32.0. The fraction of sp³-hybridized carbons (Fsp3) is 0.373. The van der Waals surface area contributed by atoms with Crippen molar-refractivity contribution in [2.24, 2.45) is 7.05 Å². The van der Waals surface area contributed by atoms with Gasteiger partial charge in [-0.25, -0.2) is 41.6 Å². The lowest BCUT2D eigenvalue weighted by molar-refractivity contribution is -0.193. The number of urea groups is 2. The maximum absolute atomic E-state index is 14.3. The summed E-state index contributed by atoms with van der Waals surface area (Å²) in [5.74, 6) is -3.62. The number of carbonyl (C=O) groups is 5. The number of nitrogens with zero attached hydrogens (tertiary/aromatic N) is 9. The van der Waals surface area contributed by atoms with Crippen LogP contribution < -0.4 is 44.5 Å². The molecule has 7 N–H and O–H groups in total. The van der Waals surface area contributed by atoms with Crippen molar-refractivity contribution in [3.63, 3.8) is 0 Å². The molecule has 95 heavy (non-hydrogen) atoms. The van der Waals surface area contributed by atoms with Crippen LogP contribution in [-0.4, -0.2) is 181 Å². The molecule has 5 amide bonds. The average molecular weight is 1520 g/mol. The monoisotopic (exact) mass is 1520 g/mol. The summed E-state index contributed by atoms with van der Waals surface area (Å²) < 4.78 is 174. The number of amides is 5. The zero-order valence-corrected chi connectivity index (χ0v) is 57.5. The third-order valence-electron chi connectivity index (χ3n) is 10.2. The molecule has 1 unspecified atom stereocenters. The lowest BCUT2D eigenvalue weighted by Gasteiger charge is -2.14. The molecule has 0 aliphatic carbocycles. The molecule has 1 atom stereocenters. The van der Waals surface area contributed by atoms with Gasteiger partial charge in [0.2, 0.25) is 23.7 Å². The van der Waals surface area contributed by atoms with E-state index in [0.717, 1.165) is 25.2 Å². The van der Waals surface area contributed by atoms with Gasteiger partial charge in [-0.2, -0.15) is 64.8 Å². The smallest absolute Gasteiger partial charge is 0.434 e. The number of aromatic nitrogens is 8. The van der Waals surface area contributed by atoms with Crippen molar-refractivity contribution in [3.8, 4) is 29.0 Å². The van der Waals surface area contributed by atoms with Crippen LogP contribution >= 0.6 is 35.1 Å². The van der Waals surface area contributed by atoms with E-state index < -0.39 is 128 Å². The second-order valence-corrected chi connectivity index (χ2v) is 27.6. The molecule has 0 fully saturated rings. The number of aryl methyl sites for hydroxylation is 3. The largest absolute Gasteiger partial charge is 0.778 e. The maximum Gasteiger partial charge on any atom is 0.434 e. The molecule has 0 aliphatic heterocycles. The molecular weight excluding hydrogens is 1460 g/mol. The van der Waals surface area contributed by atoms with E-state index in [-0.39, 0.29) is 68.5 Å². The topological polar surface area (TPSA) is 430 Å². The summed E-state index contributed by atoms with van der Waals surface area (Å²) in [4.78, 5) is 99.7. The summed E-state index contributed by atoms with van der Waals surface area (Å²) in [5.41, 5.74) is -2.12. The van der Waals surface area contributed by atoms with Crippen LogP contribution in [0.25, 0.3) is 11.3 Å². The highest BCUT2D eigenvalue weighted by atomic mass is 79.9. The van der Waals surface area contributed by atoms with Crippen LogP contribution in [0.1, 0.15) is 58.1 Å². The number of benzene rings is 2. The van der Waals surface area contributed by atoms with Gasteiger partial charge in [0.15, 0.2) is 10.7 Å². The highest BCUT2D eigenvalue weighted by Crippen LogP contribution is 2.41. The van der Waals surface area contributed by atoms with Gasteiger partial charge in [-0.3, -0.25) is 30.2 Å². The fourth-order valence-electron chi connectivity index (χ4n) is 6.58. The summed E-state index contributed by atoms with van der Waals surface area (Å²) >= 11 is 8.67. The zero-order valence-electron chi connectivity index (χ0n) is 51.8. The van der Waals surface area contributed by atoms with E-state index in [1.807, 2.05) is 5.32 Å². The zero-order chi connectivity index (χ0) is 72.7. The number of carboxylic acid groups (broad SMARTS) is 1. The predicted octanol–water partition coefficient (Wildman–Crippen LogP) is 6.18. The lowest BCUT2D eigenvalue weighted by Crippen LogP contribution is -2.36. The number of hydrogen-bond acceptors (Lipinski definition) is 23. The summed E-state index contributed by atoms with van der Waals surface area (Å²) in [6.45, 7) is 4.25. The van der Waals surface area contributed by atoms with Gasteiger partial charge in [-0.15, -0.1) is 0 Å². The van der Waals surface area contributed by atoms with Crippen molar-refractivity contribution < 1.29 is 110 Å². The van der Waals surface area contributed by atoms with E-state index in [1.165, 1.54) is 89.8 Å². The SMILES string of the molecule is CC(C)OC(=O)c1cc(-c2nn(C)c(C(F)(F)F)c2Br)c(F)cc1Cl.COc1cc(OC)nc(NC(=O)NS(=O)(=O)c2ncccc2C(=O)N(C)C)n1.COc1nc(C)nc(NC(=O)NS(=O)(=O)c2ccccc2CCC(F)(F)F)n1.C[S+](C)C.O=C(O)CNCP(=O)([O-])O. The van der Waals surface area contributed by atoms with Gasteiger partial charge in [0.05, 0.1) is 90.6 Å². The normalized spacial score (nSPS) is 11.8. The van der Waals surface area contributed by atoms with Gasteiger partial charge < -0.3 is 43.3 Å². The number of methoxy groups -OCH3 is 3. The molecule has 524 valence electrons. The molecule has 0 saturated carbocycles. The fourth-order valence-corrected chi connectivity index (χ4v) is 10.2. The van der Waals surface area contributed by atoms with E-state index in [0.29, 0.717) is 15.6 Å². The Morgan fingerprint density at radius 2 is 1.38 bits per heavy atom. The van der Waals surface area contributed by atoms with Crippen LogP contribution in [0.3, 0.4) is 0 Å². The van der Waals surface area contributed by atoms with Gasteiger partial charge >= 0.3 is 42.4 Å². The Morgan fingerprint density at radius 1 is 0.832 bits per heavy atom. The molecule has 0 radical (unpaired) electrons. The Labute approximate surface area is 554 Å².